The van der Waals surface area contributed by atoms with E-state index in [4.69, 9.17) is 0 Å². The van der Waals surface area contributed by atoms with Crippen molar-refractivity contribution in [1.29, 1.82) is 0 Å². The smallest absolute Gasteiger partial charge is 0.426 e. The van der Waals surface area contributed by atoms with E-state index < -0.39 is 34.6 Å². The predicted molar refractivity (Wildman–Crippen MR) is 121 cm³/mol. The number of para-hydroxylation sites is 1. The molecule has 0 bridgehead atoms. The van der Waals surface area contributed by atoms with Crippen molar-refractivity contribution >= 4 is 21.8 Å². The van der Waals surface area contributed by atoms with Crippen LogP contribution in [0.3, 0.4) is 0 Å². The second-order valence-corrected chi connectivity index (χ2v) is 11.9. The molecule has 3 heterocycles. The van der Waals surface area contributed by atoms with E-state index in [0.717, 1.165) is 35.7 Å². The molecular formula is C22H28F6N4O4S. The van der Waals surface area contributed by atoms with E-state index in [-0.39, 0.29) is 31.6 Å². The Labute approximate surface area is 210 Å². The van der Waals surface area contributed by atoms with Crippen molar-refractivity contribution in [3.8, 4) is 0 Å². The largest absolute Gasteiger partial charge is 0.434 e. The van der Waals surface area contributed by atoms with Crippen molar-refractivity contribution in [2.75, 3.05) is 63.5 Å². The number of carbonyl (C=O) groups is 1. The molecule has 37 heavy (non-hydrogen) atoms. The van der Waals surface area contributed by atoms with Gasteiger partial charge in [0.25, 0.3) is 6.10 Å². The Morgan fingerprint density at radius 3 is 2.14 bits per heavy atom. The first-order valence-electron chi connectivity index (χ1n) is 11.7. The molecule has 0 unspecified atom stereocenters. The molecule has 8 nitrogen and oxygen atoms in total. The Balaban J connectivity index is 1.33. The fourth-order valence-corrected chi connectivity index (χ4v) is 6.13. The summed E-state index contributed by atoms with van der Waals surface area (Å²) in [4.78, 5) is 17.0. The van der Waals surface area contributed by atoms with Gasteiger partial charge in [-0.15, -0.1) is 0 Å². The number of nitrogens with zero attached hydrogens (tertiary/aromatic N) is 4. The van der Waals surface area contributed by atoms with Gasteiger partial charge in [0.05, 0.1) is 6.26 Å². The van der Waals surface area contributed by atoms with Gasteiger partial charge in [-0.25, -0.2) is 17.5 Å². The highest BCUT2D eigenvalue weighted by Crippen LogP contribution is 2.43. The molecule has 1 spiro atoms. The lowest BCUT2D eigenvalue weighted by Crippen LogP contribution is -2.59. The number of carbonyl (C=O) groups excluding carboxylic acids is 1. The highest BCUT2D eigenvalue weighted by Gasteiger charge is 2.60. The van der Waals surface area contributed by atoms with Crippen LogP contribution in [-0.4, -0.2) is 106 Å². The first-order valence-corrected chi connectivity index (χ1v) is 13.5. The lowest BCUT2D eigenvalue weighted by Gasteiger charge is -2.46. The zero-order chi connectivity index (χ0) is 27.2. The summed E-state index contributed by atoms with van der Waals surface area (Å²) in [5.41, 5.74) is 1.91. The van der Waals surface area contributed by atoms with E-state index in [2.05, 4.69) is 9.64 Å². The summed E-state index contributed by atoms with van der Waals surface area (Å²) in [6, 6.07) is 7.70. The predicted octanol–water partition coefficient (Wildman–Crippen LogP) is 2.91. The van der Waals surface area contributed by atoms with E-state index in [1.807, 2.05) is 29.2 Å². The van der Waals surface area contributed by atoms with E-state index in [9.17, 15) is 39.6 Å². The van der Waals surface area contributed by atoms with Gasteiger partial charge >= 0.3 is 18.4 Å². The third-order valence-electron chi connectivity index (χ3n) is 7.10. The average molecular weight is 559 g/mol. The molecule has 1 amide bonds. The monoisotopic (exact) mass is 558 g/mol. The van der Waals surface area contributed by atoms with E-state index >= 15 is 0 Å². The van der Waals surface area contributed by atoms with Crippen LogP contribution in [-0.2, 0) is 21.3 Å². The van der Waals surface area contributed by atoms with Crippen LogP contribution >= 0.6 is 0 Å². The molecule has 1 aromatic rings. The molecule has 0 atom stereocenters. The number of halogens is 6. The summed E-state index contributed by atoms with van der Waals surface area (Å²) < 4.78 is 105. The van der Waals surface area contributed by atoms with Crippen molar-refractivity contribution < 1.29 is 44.3 Å². The maximum absolute atomic E-state index is 12.7. The van der Waals surface area contributed by atoms with E-state index in [1.54, 1.807) is 0 Å². The van der Waals surface area contributed by atoms with Crippen molar-refractivity contribution in [2.24, 2.45) is 5.41 Å². The van der Waals surface area contributed by atoms with Crippen LogP contribution in [0.25, 0.3) is 0 Å². The van der Waals surface area contributed by atoms with Crippen LogP contribution in [0.5, 0.6) is 0 Å². The minimum atomic E-state index is -5.75. The molecule has 3 fully saturated rings. The summed E-state index contributed by atoms with van der Waals surface area (Å²) in [7, 11) is -3.21. The minimum Gasteiger partial charge on any atom is -0.426 e. The van der Waals surface area contributed by atoms with Gasteiger partial charge in [0, 0.05) is 70.0 Å². The second-order valence-electron chi connectivity index (χ2n) is 9.94. The Hall–Kier alpha value is -2.26. The molecule has 0 aliphatic carbocycles. The molecule has 3 saturated heterocycles. The van der Waals surface area contributed by atoms with Crippen LogP contribution < -0.4 is 4.90 Å². The highest BCUT2D eigenvalue weighted by molar-refractivity contribution is 7.88. The Kier molecular flexibility index (Phi) is 7.36. The van der Waals surface area contributed by atoms with Crippen molar-refractivity contribution in [3.63, 3.8) is 0 Å². The van der Waals surface area contributed by atoms with Gasteiger partial charge in [-0.1, -0.05) is 18.2 Å². The number of hydrogen-bond acceptors (Lipinski definition) is 6. The van der Waals surface area contributed by atoms with Gasteiger partial charge in [-0.2, -0.15) is 26.3 Å². The molecule has 0 saturated carbocycles. The molecule has 15 heteroatoms. The van der Waals surface area contributed by atoms with Crippen LogP contribution in [0, 0.1) is 5.41 Å². The number of ether oxygens (including phenoxy) is 1. The third kappa shape index (κ3) is 6.25. The fraction of sp³-hybridized carbons (Fsp3) is 0.682. The number of hydrogen-bond donors (Lipinski definition) is 0. The molecule has 0 aromatic heterocycles. The van der Waals surface area contributed by atoms with Crippen molar-refractivity contribution in [1.82, 2.24) is 14.1 Å². The minimum absolute atomic E-state index is 0.0718. The Morgan fingerprint density at radius 1 is 0.973 bits per heavy atom. The number of piperazine rings is 1. The zero-order valence-electron chi connectivity index (χ0n) is 20.1. The topological polar surface area (TPSA) is 73.4 Å². The first-order chi connectivity index (χ1) is 17.1. The summed E-state index contributed by atoms with van der Waals surface area (Å²) in [5, 5.41) is 0. The van der Waals surface area contributed by atoms with Gasteiger partial charge in [-0.3, -0.25) is 4.90 Å². The second kappa shape index (κ2) is 9.80. The maximum Gasteiger partial charge on any atom is 0.434 e. The third-order valence-corrected chi connectivity index (χ3v) is 8.30. The molecule has 0 N–H and O–H groups in total. The Bertz CT molecular complexity index is 1090. The van der Waals surface area contributed by atoms with Gasteiger partial charge in [-0.05, 0) is 18.1 Å². The standard InChI is InChI=1S/C22H28F6N4O4S/c1-37(34,35)32-14-20(15-32)6-7-31(13-20)17-5-3-2-4-16(17)12-29-8-10-30(11-9-29)19(33)36-18(21(23,24)25)22(26,27)28/h2-5,18H,6-15H2,1H3. The van der Waals surface area contributed by atoms with Crippen molar-refractivity contribution in [3.05, 3.63) is 29.8 Å². The quantitative estimate of drug-likeness (QED) is 0.518. The summed E-state index contributed by atoms with van der Waals surface area (Å²) in [5.74, 6) is 0. The molecule has 208 valence electrons. The number of alkyl halides is 6. The fourth-order valence-electron chi connectivity index (χ4n) is 5.11. The number of sulfonamides is 1. The van der Waals surface area contributed by atoms with Crippen LogP contribution in [0.2, 0.25) is 0 Å². The van der Waals surface area contributed by atoms with Gasteiger partial charge in [0.2, 0.25) is 10.0 Å². The molecule has 3 aliphatic heterocycles. The lowest BCUT2D eigenvalue weighted by molar-refractivity contribution is -0.308. The summed E-state index contributed by atoms with van der Waals surface area (Å²) in [6.45, 7) is 3.31. The number of rotatable bonds is 5. The first kappa shape index (κ1) is 27.8. The van der Waals surface area contributed by atoms with Crippen LogP contribution in [0.15, 0.2) is 24.3 Å². The maximum atomic E-state index is 12.7. The molecular weight excluding hydrogens is 530 g/mol. The molecule has 4 rings (SSSR count). The van der Waals surface area contributed by atoms with Crippen molar-refractivity contribution in [2.45, 2.75) is 31.4 Å². The summed E-state index contributed by atoms with van der Waals surface area (Å²) >= 11 is 0. The number of benzene rings is 1. The molecule has 0 radical (unpaired) electrons. The number of anilines is 1. The van der Waals surface area contributed by atoms with Crippen LogP contribution in [0.1, 0.15) is 12.0 Å². The van der Waals surface area contributed by atoms with Gasteiger partial charge in [0.15, 0.2) is 0 Å². The normalized spacial score (nSPS) is 21.5. The molecule has 1 aromatic carbocycles. The molecule has 3 aliphatic rings. The Morgan fingerprint density at radius 2 is 1.57 bits per heavy atom. The van der Waals surface area contributed by atoms with E-state index in [1.165, 1.54) is 10.6 Å². The van der Waals surface area contributed by atoms with Gasteiger partial charge < -0.3 is 14.5 Å². The lowest BCUT2D eigenvalue weighted by atomic mass is 9.81. The zero-order valence-corrected chi connectivity index (χ0v) is 20.9. The number of amides is 1. The highest BCUT2D eigenvalue weighted by atomic mass is 32.2. The van der Waals surface area contributed by atoms with Crippen LogP contribution in [0.4, 0.5) is 36.8 Å². The van der Waals surface area contributed by atoms with E-state index in [0.29, 0.717) is 19.6 Å². The van der Waals surface area contributed by atoms with Gasteiger partial charge in [0.1, 0.15) is 0 Å². The SMILES string of the molecule is CS(=O)(=O)N1CC2(CCN(c3ccccc3CN3CCN(C(=O)OC(C(F)(F)F)C(F)(F)F)CC3)C2)C1. The summed E-state index contributed by atoms with van der Waals surface area (Å²) in [6.07, 6.45) is -15.3. The average Bonchev–Trinajstić information content (AvgIpc) is 3.21.